The summed E-state index contributed by atoms with van der Waals surface area (Å²) < 4.78 is 0. The van der Waals surface area contributed by atoms with Gasteiger partial charge in [-0.2, -0.15) is 0 Å². The number of carbonyl (C=O) groups excluding carboxylic acids is 2. The van der Waals surface area contributed by atoms with Crippen LogP contribution in [0.1, 0.15) is 69.6 Å². The van der Waals surface area contributed by atoms with Gasteiger partial charge >= 0.3 is 0 Å². The summed E-state index contributed by atoms with van der Waals surface area (Å²) in [5, 5.41) is 16.0. The number of aliphatic hydroxyl groups is 1. The second-order valence-corrected chi connectivity index (χ2v) is 9.98. The van der Waals surface area contributed by atoms with Gasteiger partial charge in [0.2, 0.25) is 0 Å². The number of amides is 2. The Morgan fingerprint density at radius 2 is 2.10 bits per heavy atom. The van der Waals surface area contributed by atoms with Gasteiger partial charge in [-0.05, 0) is 62.6 Å². The van der Waals surface area contributed by atoms with E-state index in [1.807, 2.05) is 0 Å². The van der Waals surface area contributed by atoms with Crippen molar-refractivity contribution >= 4 is 46.4 Å². The molecule has 2 amide bonds. The molecular weight excluding hydrogens is 457 g/mol. The minimum absolute atomic E-state index is 0.145. The van der Waals surface area contributed by atoms with Crippen molar-refractivity contribution in [2.45, 2.75) is 51.2 Å². The van der Waals surface area contributed by atoms with Crippen molar-refractivity contribution in [3.63, 3.8) is 0 Å². The Kier molecular flexibility index (Phi) is 6.86. The zero-order valence-electron chi connectivity index (χ0n) is 17.2. The van der Waals surface area contributed by atoms with Crippen molar-refractivity contribution in [1.29, 1.82) is 0 Å². The minimum Gasteiger partial charge on any atom is -0.393 e. The number of benzene rings is 1. The summed E-state index contributed by atoms with van der Waals surface area (Å²) in [5.74, 6) is -0.0445. The van der Waals surface area contributed by atoms with Gasteiger partial charge in [-0.25, -0.2) is 4.98 Å². The molecule has 0 bridgehead atoms. The molecule has 1 aromatic carbocycles. The summed E-state index contributed by atoms with van der Waals surface area (Å²) in [4.78, 5) is 32.1. The van der Waals surface area contributed by atoms with Gasteiger partial charge in [0.1, 0.15) is 10.7 Å². The van der Waals surface area contributed by atoms with Gasteiger partial charge in [-0.15, -0.1) is 11.3 Å². The van der Waals surface area contributed by atoms with E-state index in [1.165, 1.54) is 11.3 Å². The highest BCUT2D eigenvalue weighted by atomic mass is 35.5. The number of likely N-dealkylation sites (tertiary alicyclic amines) is 1. The lowest BCUT2D eigenvalue weighted by Gasteiger charge is -2.24. The van der Waals surface area contributed by atoms with E-state index in [1.54, 1.807) is 29.3 Å². The van der Waals surface area contributed by atoms with Gasteiger partial charge in [-0.3, -0.25) is 9.59 Å². The molecule has 1 aromatic heterocycles. The normalized spacial score (nSPS) is 23.4. The molecule has 3 unspecified atom stereocenters. The van der Waals surface area contributed by atoms with E-state index in [4.69, 9.17) is 23.2 Å². The van der Waals surface area contributed by atoms with Gasteiger partial charge in [0, 0.05) is 23.5 Å². The number of rotatable bonds is 5. The van der Waals surface area contributed by atoms with Crippen LogP contribution < -0.4 is 5.32 Å². The number of nitrogens with one attached hydrogen (secondary N) is 1. The third kappa shape index (κ3) is 4.75. The minimum atomic E-state index is -0.253. The molecule has 2 N–H and O–H groups in total. The zero-order valence-corrected chi connectivity index (χ0v) is 19.6. The second-order valence-electron chi connectivity index (χ2n) is 8.30. The molecule has 2 fully saturated rings. The van der Waals surface area contributed by atoms with E-state index in [9.17, 15) is 14.7 Å². The van der Waals surface area contributed by atoms with Crippen LogP contribution >= 0.6 is 34.5 Å². The van der Waals surface area contributed by atoms with Crippen LogP contribution in [0.3, 0.4) is 0 Å². The fourth-order valence-corrected chi connectivity index (χ4v) is 5.75. The lowest BCUT2D eigenvalue weighted by molar-refractivity contribution is 0.0735. The van der Waals surface area contributed by atoms with Gasteiger partial charge in [0.15, 0.2) is 0 Å². The Morgan fingerprint density at radius 3 is 2.84 bits per heavy atom. The topological polar surface area (TPSA) is 82.5 Å². The molecular formula is C22H25Cl2N3O3S. The highest BCUT2D eigenvalue weighted by molar-refractivity contribution is 7.09. The number of nitrogens with zero attached hydrogens (tertiary/aromatic N) is 2. The second kappa shape index (κ2) is 9.45. The van der Waals surface area contributed by atoms with Crippen LogP contribution in [-0.4, -0.2) is 46.0 Å². The first-order chi connectivity index (χ1) is 14.8. The number of carbonyl (C=O) groups is 2. The van der Waals surface area contributed by atoms with Crippen LogP contribution in [0.5, 0.6) is 0 Å². The monoisotopic (exact) mass is 481 g/mol. The van der Waals surface area contributed by atoms with Crippen molar-refractivity contribution in [2.24, 2.45) is 5.92 Å². The molecule has 2 aromatic rings. The van der Waals surface area contributed by atoms with Gasteiger partial charge < -0.3 is 15.3 Å². The van der Waals surface area contributed by atoms with Crippen molar-refractivity contribution in [3.05, 3.63) is 49.4 Å². The number of aromatic nitrogens is 1. The fourth-order valence-electron chi connectivity index (χ4n) is 4.35. The number of thiazole rings is 1. The molecule has 3 atom stereocenters. The largest absolute Gasteiger partial charge is 0.393 e. The van der Waals surface area contributed by atoms with E-state index in [0.29, 0.717) is 45.9 Å². The molecule has 1 aliphatic carbocycles. The van der Waals surface area contributed by atoms with Gasteiger partial charge in [0.25, 0.3) is 11.8 Å². The lowest BCUT2D eigenvalue weighted by atomic mass is 10.1. The summed E-state index contributed by atoms with van der Waals surface area (Å²) in [5.41, 5.74) is 1.50. The van der Waals surface area contributed by atoms with Gasteiger partial charge in [-0.1, -0.05) is 23.2 Å². The molecule has 4 rings (SSSR count). The molecule has 6 nitrogen and oxygen atoms in total. The first-order valence-electron chi connectivity index (χ1n) is 10.5. The summed E-state index contributed by atoms with van der Waals surface area (Å²) in [7, 11) is 0. The molecule has 0 radical (unpaired) electrons. The SMILES string of the molecule is Cc1c(Cl)ccc(C(=O)N2CCCC2c2nc(C(=O)NCC3CCC(O)C3)cs2)c1Cl. The first kappa shape index (κ1) is 22.5. The third-order valence-corrected chi connectivity index (χ3v) is 8.01. The summed E-state index contributed by atoms with van der Waals surface area (Å²) in [6.45, 7) is 2.96. The van der Waals surface area contributed by atoms with E-state index < -0.39 is 0 Å². The summed E-state index contributed by atoms with van der Waals surface area (Å²) in [6, 6.07) is 3.18. The van der Waals surface area contributed by atoms with Crippen LogP contribution in [0.25, 0.3) is 0 Å². The third-order valence-electron chi connectivity index (χ3n) is 6.17. The van der Waals surface area contributed by atoms with Gasteiger partial charge in [0.05, 0.1) is 22.7 Å². The Bertz CT molecular complexity index is 996. The molecule has 1 saturated heterocycles. The molecule has 166 valence electrons. The van der Waals surface area contributed by atoms with Crippen molar-refractivity contribution in [1.82, 2.24) is 15.2 Å². The fraction of sp³-hybridized carbons (Fsp3) is 0.500. The Morgan fingerprint density at radius 1 is 1.29 bits per heavy atom. The van der Waals surface area contributed by atoms with E-state index >= 15 is 0 Å². The maximum atomic E-state index is 13.2. The predicted octanol–water partition coefficient (Wildman–Crippen LogP) is 4.63. The van der Waals surface area contributed by atoms with Crippen LogP contribution in [-0.2, 0) is 0 Å². The van der Waals surface area contributed by atoms with Crippen LogP contribution in [0.4, 0.5) is 0 Å². The van der Waals surface area contributed by atoms with Crippen LogP contribution in [0, 0.1) is 12.8 Å². The van der Waals surface area contributed by atoms with E-state index in [-0.39, 0.29) is 24.0 Å². The molecule has 2 aliphatic rings. The Hall–Kier alpha value is -1.67. The van der Waals surface area contributed by atoms with Crippen LogP contribution in [0.15, 0.2) is 17.5 Å². The number of halogens is 2. The Balaban J connectivity index is 1.44. The Labute approximate surface area is 195 Å². The molecule has 1 aliphatic heterocycles. The van der Waals surface area contributed by atoms with E-state index in [0.717, 1.165) is 37.1 Å². The lowest BCUT2D eigenvalue weighted by Crippen LogP contribution is -2.31. The van der Waals surface area contributed by atoms with Crippen molar-refractivity contribution < 1.29 is 14.7 Å². The number of aliphatic hydroxyl groups excluding tert-OH is 1. The standard InChI is InChI=1S/C22H25Cl2N3O3S/c1-12-16(23)7-6-15(19(12)24)22(30)27-8-2-3-18(27)21-26-17(11-31-21)20(29)25-10-13-4-5-14(28)9-13/h6-7,11,13-14,18,28H,2-5,8-10H2,1H3,(H,25,29). The first-order valence-corrected chi connectivity index (χ1v) is 12.2. The molecule has 9 heteroatoms. The number of hydrogen-bond acceptors (Lipinski definition) is 5. The van der Waals surface area contributed by atoms with Crippen molar-refractivity contribution in [2.75, 3.05) is 13.1 Å². The molecule has 1 saturated carbocycles. The van der Waals surface area contributed by atoms with Crippen molar-refractivity contribution in [3.8, 4) is 0 Å². The summed E-state index contributed by atoms with van der Waals surface area (Å²) in [6.07, 6.45) is 3.86. The van der Waals surface area contributed by atoms with Crippen LogP contribution in [0.2, 0.25) is 10.0 Å². The molecule has 2 heterocycles. The highest BCUT2D eigenvalue weighted by Crippen LogP contribution is 2.37. The highest BCUT2D eigenvalue weighted by Gasteiger charge is 2.34. The average Bonchev–Trinajstić information content (AvgIpc) is 3.50. The molecule has 0 spiro atoms. The zero-order chi connectivity index (χ0) is 22.1. The summed E-state index contributed by atoms with van der Waals surface area (Å²) >= 11 is 13.9. The molecule has 31 heavy (non-hydrogen) atoms. The quantitative estimate of drug-likeness (QED) is 0.651. The maximum absolute atomic E-state index is 13.2. The van der Waals surface area contributed by atoms with E-state index in [2.05, 4.69) is 10.3 Å². The smallest absolute Gasteiger partial charge is 0.270 e. The number of hydrogen-bond donors (Lipinski definition) is 2. The average molecular weight is 482 g/mol. The maximum Gasteiger partial charge on any atom is 0.270 e. The predicted molar refractivity (Wildman–Crippen MR) is 122 cm³/mol.